The Morgan fingerprint density at radius 1 is 1.07 bits per heavy atom. The Kier molecular flexibility index (Phi) is 6.22. The summed E-state index contributed by atoms with van der Waals surface area (Å²) in [5.41, 5.74) is 4.88. The van der Waals surface area contributed by atoms with E-state index in [1.807, 2.05) is 36.4 Å². The van der Waals surface area contributed by atoms with Crippen molar-refractivity contribution in [2.24, 2.45) is 0 Å². The fourth-order valence-electron chi connectivity index (χ4n) is 3.61. The van der Waals surface area contributed by atoms with Gasteiger partial charge in [-0.2, -0.15) is 0 Å². The van der Waals surface area contributed by atoms with E-state index in [0.29, 0.717) is 6.54 Å². The molecular weight excluding hydrogens is 380 g/mol. The van der Waals surface area contributed by atoms with Crippen LogP contribution in [0.1, 0.15) is 18.1 Å². The topological polar surface area (TPSA) is 57.3 Å². The molecule has 29 heavy (non-hydrogen) atoms. The number of hydrogen-bond donors (Lipinski definition) is 2. The molecule has 1 aliphatic heterocycles. The predicted molar refractivity (Wildman–Crippen MR) is 119 cm³/mol. The highest BCUT2D eigenvalue weighted by molar-refractivity contribution is 7.83. The van der Waals surface area contributed by atoms with E-state index in [1.54, 1.807) is 12.4 Å². The SMILES string of the molecule is CC(CNS(=O)c1ccc(NCc2ccncc2)cc1)N1CCc2ccccc21. The molecule has 0 aliphatic carbocycles. The Morgan fingerprint density at radius 3 is 2.62 bits per heavy atom. The zero-order valence-electron chi connectivity index (χ0n) is 16.5. The van der Waals surface area contributed by atoms with Gasteiger partial charge in [0.2, 0.25) is 0 Å². The molecule has 3 aromatic rings. The molecule has 0 saturated heterocycles. The maximum Gasteiger partial charge on any atom is 0.124 e. The average Bonchev–Trinajstić information content (AvgIpc) is 3.21. The monoisotopic (exact) mass is 406 g/mol. The number of nitrogens with zero attached hydrogens (tertiary/aromatic N) is 2. The molecule has 2 unspecified atom stereocenters. The highest BCUT2D eigenvalue weighted by Gasteiger charge is 2.23. The third kappa shape index (κ3) is 4.83. The van der Waals surface area contributed by atoms with Crippen molar-refractivity contribution in [2.45, 2.75) is 30.8 Å². The van der Waals surface area contributed by atoms with Crippen LogP contribution in [0, 0.1) is 0 Å². The second-order valence-electron chi connectivity index (χ2n) is 7.27. The summed E-state index contributed by atoms with van der Waals surface area (Å²) in [6.07, 6.45) is 4.66. The van der Waals surface area contributed by atoms with E-state index in [9.17, 15) is 4.21 Å². The van der Waals surface area contributed by atoms with Crippen molar-refractivity contribution >= 4 is 22.4 Å². The summed E-state index contributed by atoms with van der Waals surface area (Å²) in [4.78, 5) is 7.21. The lowest BCUT2D eigenvalue weighted by atomic mass is 10.2. The molecule has 2 aromatic carbocycles. The fraction of sp³-hybridized carbons (Fsp3) is 0.261. The van der Waals surface area contributed by atoms with E-state index < -0.39 is 11.0 Å². The van der Waals surface area contributed by atoms with Gasteiger partial charge in [-0.05, 0) is 66.9 Å². The minimum Gasteiger partial charge on any atom is -0.381 e. The van der Waals surface area contributed by atoms with Gasteiger partial charge in [0.25, 0.3) is 0 Å². The molecule has 2 N–H and O–H groups in total. The summed E-state index contributed by atoms with van der Waals surface area (Å²) < 4.78 is 15.8. The lowest BCUT2D eigenvalue weighted by Crippen LogP contribution is -2.40. The maximum absolute atomic E-state index is 12.7. The standard InChI is InChI=1S/C23H26N4OS/c1-18(27-15-12-20-4-2-3-5-23(20)27)16-26-29(28)22-8-6-21(7-9-22)25-17-19-10-13-24-14-11-19/h2-11,13-14,18,25-26H,12,15-17H2,1H3. The van der Waals surface area contributed by atoms with Crippen LogP contribution >= 0.6 is 0 Å². The van der Waals surface area contributed by atoms with Crippen molar-refractivity contribution in [3.8, 4) is 0 Å². The highest BCUT2D eigenvalue weighted by atomic mass is 32.2. The minimum atomic E-state index is -1.22. The van der Waals surface area contributed by atoms with E-state index >= 15 is 0 Å². The summed E-state index contributed by atoms with van der Waals surface area (Å²) in [5, 5.41) is 3.37. The number of rotatable bonds is 8. The van der Waals surface area contributed by atoms with E-state index in [1.165, 1.54) is 16.8 Å². The van der Waals surface area contributed by atoms with Crippen LogP contribution in [0.15, 0.2) is 78.0 Å². The largest absolute Gasteiger partial charge is 0.381 e. The molecule has 1 aliphatic rings. The Hall–Kier alpha value is -2.70. The summed E-state index contributed by atoms with van der Waals surface area (Å²) in [5.74, 6) is 0. The number of hydrogen-bond acceptors (Lipinski definition) is 4. The first-order chi connectivity index (χ1) is 14.2. The van der Waals surface area contributed by atoms with Crippen molar-refractivity contribution in [3.63, 3.8) is 0 Å². The molecule has 0 bridgehead atoms. The lowest BCUT2D eigenvalue weighted by molar-refractivity contribution is 0.625. The van der Waals surface area contributed by atoms with Gasteiger partial charge < -0.3 is 10.2 Å². The molecule has 0 radical (unpaired) electrons. The van der Waals surface area contributed by atoms with Gasteiger partial charge in [-0.1, -0.05) is 18.2 Å². The molecule has 150 valence electrons. The molecule has 5 nitrogen and oxygen atoms in total. The Morgan fingerprint density at radius 2 is 1.83 bits per heavy atom. The number of benzene rings is 2. The van der Waals surface area contributed by atoms with Crippen molar-refractivity contribution in [1.82, 2.24) is 9.71 Å². The van der Waals surface area contributed by atoms with Gasteiger partial charge in [0, 0.05) is 49.4 Å². The van der Waals surface area contributed by atoms with Gasteiger partial charge in [0.05, 0.1) is 4.90 Å². The molecule has 0 saturated carbocycles. The molecule has 4 rings (SSSR count). The van der Waals surface area contributed by atoms with Gasteiger partial charge in [-0.25, -0.2) is 8.93 Å². The number of pyridine rings is 1. The molecule has 0 spiro atoms. The molecule has 0 fully saturated rings. The number of anilines is 2. The van der Waals surface area contributed by atoms with Gasteiger partial charge in [-0.3, -0.25) is 4.98 Å². The van der Waals surface area contributed by atoms with Crippen LogP contribution in [0.3, 0.4) is 0 Å². The minimum absolute atomic E-state index is 0.281. The molecule has 1 aromatic heterocycles. The smallest absolute Gasteiger partial charge is 0.124 e. The number of fused-ring (bicyclic) bond motifs is 1. The third-order valence-corrected chi connectivity index (χ3v) is 6.41. The number of aromatic nitrogens is 1. The van der Waals surface area contributed by atoms with Crippen LogP contribution in [-0.2, 0) is 24.0 Å². The molecule has 2 heterocycles. The van der Waals surface area contributed by atoms with Crippen molar-refractivity contribution in [1.29, 1.82) is 0 Å². The molecular formula is C23H26N4OS. The van der Waals surface area contributed by atoms with Crippen LogP contribution in [-0.4, -0.2) is 28.3 Å². The van der Waals surface area contributed by atoms with E-state index in [4.69, 9.17) is 0 Å². The summed E-state index contributed by atoms with van der Waals surface area (Å²) >= 11 is 0. The Balaban J connectivity index is 1.28. The van der Waals surface area contributed by atoms with Gasteiger partial charge in [0.1, 0.15) is 11.0 Å². The second kappa shape index (κ2) is 9.20. The van der Waals surface area contributed by atoms with Crippen LogP contribution in [0.25, 0.3) is 0 Å². The van der Waals surface area contributed by atoms with E-state index in [-0.39, 0.29) is 6.04 Å². The molecule has 2 atom stereocenters. The van der Waals surface area contributed by atoms with E-state index in [2.05, 4.69) is 51.1 Å². The Bertz CT molecular complexity index is 962. The molecule has 0 amide bonds. The first kappa shape index (κ1) is 19.6. The second-order valence-corrected chi connectivity index (χ2v) is 8.57. The summed E-state index contributed by atoms with van der Waals surface area (Å²) in [7, 11) is -1.22. The van der Waals surface area contributed by atoms with Crippen LogP contribution in [0.2, 0.25) is 0 Å². The maximum atomic E-state index is 12.7. The third-order valence-electron chi connectivity index (χ3n) is 5.28. The van der Waals surface area contributed by atoms with Crippen LogP contribution in [0.4, 0.5) is 11.4 Å². The highest BCUT2D eigenvalue weighted by Crippen LogP contribution is 2.29. The van der Waals surface area contributed by atoms with Crippen molar-refractivity contribution in [2.75, 3.05) is 23.3 Å². The van der Waals surface area contributed by atoms with Crippen molar-refractivity contribution < 1.29 is 4.21 Å². The lowest BCUT2D eigenvalue weighted by Gasteiger charge is -2.27. The fourth-order valence-corrected chi connectivity index (χ4v) is 4.56. The number of para-hydroxylation sites is 1. The van der Waals surface area contributed by atoms with Crippen LogP contribution < -0.4 is 14.9 Å². The number of nitrogens with one attached hydrogen (secondary N) is 2. The zero-order valence-corrected chi connectivity index (χ0v) is 17.4. The molecule has 6 heteroatoms. The quantitative estimate of drug-likeness (QED) is 0.598. The average molecular weight is 407 g/mol. The van der Waals surface area contributed by atoms with Crippen molar-refractivity contribution in [3.05, 3.63) is 84.2 Å². The van der Waals surface area contributed by atoms with Gasteiger partial charge in [-0.15, -0.1) is 0 Å². The summed E-state index contributed by atoms with van der Waals surface area (Å²) in [6.45, 7) is 4.60. The van der Waals surface area contributed by atoms with Crippen LogP contribution in [0.5, 0.6) is 0 Å². The first-order valence-corrected chi connectivity index (χ1v) is 11.1. The van der Waals surface area contributed by atoms with E-state index in [0.717, 1.165) is 30.1 Å². The summed E-state index contributed by atoms with van der Waals surface area (Å²) in [6, 6.07) is 20.6. The Labute approximate surface area is 174 Å². The van der Waals surface area contributed by atoms with Gasteiger partial charge in [0.15, 0.2) is 0 Å². The first-order valence-electron chi connectivity index (χ1n) is 9.93. The zero-order chi connectivity index (χ0) is 20.1. The normalized spacial score (nSPS) is 15.0. The van der Waals surface area contributed by atoms with Gasteiger partial charge >= 0.3 is 0 Å². The predicted octanol–water partition coefficient (Wildman–Crippen LogP) is 3.76.